The van der Waals surface area contributed by atoms with Crippen LogP contribution in [-0.2, 0) is 6.54 Å². The fraction of sp³-hybridized carbons (Fsp3) is 0.333. The second-order valence-electron chi connectivity index (χ2n) is 4.28. The van der Waals surface area contributed by atoms with Crippen molar-refractivity contribution in [1.82, 2.24) is 15.0 Å². The Morgan fingerprint density at radius 3 is 2.69 bits per heavy atom. The van der Waals surface area contributed by atoms with Crippen LogP contribution in [0.2, 0.25) is 0 Å². The van der Waals surface area contributed by atoms with Gasteiger partial charge >= 0.3 is 0 Å². The Bertz CT molecular complexity index is 485. The van der Waals surface area contributed by atoms with Crippen molar-refractivity contribution in [2.24, 2.45) is 0 Å². The number of rotatable bonds is 3. The lowest BCUT2D eigenvalue weighted by molar-refractivity contribution is 0.619. The van der Waals surface area contributed by atoms with E-state index in [1.54, 1.807) is 0 Å². The van der Waals surface area contributed by atoms with Crippen LogP contribution in [0.25, 0.3) is 0 Å². The molecule has 3 rings (SSSR count). The highest BCUT2D eigenvalue weighted by Crippen LogP contribution is 2.41. The lowest BCUT2D eigenvalue weighted by atomic mass is 10.2. The molecule has 0 spiro atoms. The third kappa shape index (κ3) is 1.66. The average Bonchev–Trinajstić information content (AvgIpc) is 3.07. The standard InChI is InChI=1S/C12H14N4/c13-12-11(10-6-7-10)16(15-14-12)8-9-4-2-1-3-5-9/h1-5,10H,6-8,13H2. The third-order valence-corrected chi connectivity index (χ3v) is 2.94. The molecule has 0 amide bonds. The molecule has 0 aliphatic heterocycles. The van der Waals surface area contributed by atoms with Crippen LogP contribution in [0.3, 0.4) is 0 Å². The fourth-order valence-electron chi connectivity index (χ4n) is 1.98. The molecule has 4 heteroatoms. The van der Waals surface area contributed by atoms with Gasteiger partial charge in [-0.3, -0.25) is 0 Å². The highest BCUT2D eigenvalue weighted by atomic mass is 15.4. The van der Waals surface area contributed by atoms with Crippen LogP contribution in [0.5, 0.6) is 0 Å². The van der Waals surface area contributed by atoms with E-state index in [-0.39, 0.29) is 0 Å². The summed E-state index contributed by atoms with van der Waals surface area (Å²) in [7, 11) is 0. The molecule has 82 valence electrons. The van der Waals surface area contributed by atoms with Crippen molar-refractivity contribution < 1.29 is 0 Å². The molecule has 0 saturated heterocycles. The maximum Gasteiger partial charge on any atom is 0.169 e. The molecule has 1 aromatic heterocycles. The van der Waals surface area contributed by atoms with Gasteiger partial charge in [-0.05, 0) is 18.4 Å². The molecule has 1 heterocycles. The summed E-state index contributed by atoms with van der Waals surface area (Å²) in [6.45, 7) is 0.761. The van der Waals surface area contributed by atoms with Gasteiger partial charge < -0.3 is 5.73 Å². The number of hydrogen-bond acceptors (Lipinski definition) is 3. The Labute approximate surface area is 94.1 Å². The molecule has 4 nitrogen and oxygen atoms in total. The Morgan fingerprint density at radius 1 is 1.25 bits per heavy atom. The van der Waals surface area contributed by atoms with Crippen LogP contribution in [0.4, 0.5) is 5.82 Å². The first-order chi connectivity index (χ1) is 7.84. The summed E-state index contributed by atoms with van der Waals surface area (Å²) in [5.41, 5.74) is 8.19. The number of nitrogens with zero attached hydrogens (tertiary/aromatic N) is 3. The Morgan fingerprint density at radius 2 is 2.00 bits per heavy atom. The Kier molecular flexibility index (Phi) is 2.13. The predicted molar refractivity (Wildman–Crippen MR) is 62.0 cm³/mol. The van der Waals surface area contributed by atoms with E-state index in [0.717, 1.165) is 12.2 Å². The van der Waals surface area contributed by atoms with Gasteiger partial charge in [0.15, 0.2) is 5.82 Å². The molecule has 0 atom stereocenters. The Balaban J connectivity index is 1.90. The molecule has 2 aromatic rings. The molecule has 0 bridgehead atoms. The van der Waals surface area contributed by atoms with Gasteiger partial charge in [0.25, 0.3) is 0 Å². The SMILES string of the molecule is Nc1nnn(Cc2ccccc2)c1C1CC1. The highest BCUT2D eigenvalue weighted by Gasteiger charge is 2.30. The first-order valence-corrected chi connectivity index (χ1v) is 5.57. The van der Waals surface area contributed by atoms with Crippen LogP contribution in [0.1, 0.15) is 30.0 Å². The summed E-state index contributed by atoms with van der Waals surface area (Å²) < 4.78 is 1.93. The van der Waals surface area contributed by atoms with Crippen molar-refractivity contribution >= 4 is 5.82 Å². The number of benzene rings is 1. The zero-order chi connectivity index (χ0) is 11.0. The summed E-state index contributed by atoms with van der Waals surface area (Å²) in [6.07, 6.45) is 2.43. The predicted octanol–water partition coefficient (Wildman–Crippen LogP) is 1.79. The van der Waals surface area contributed by atoms with Crippen molar-refractivity contribution in [2.75, 3.05) is 5.73 Å². The molecule has 1 fully saturated rings. The maximum atomic E-state index is 5.84. The van der Waals surface area contributed by atoms with Gasteiger partial charge in [-0.25, -0.2) is 4.68 Å². The van der Waals surface area contributed by atoms with E-state index >= 15 is 0 Å². The fourth-order valence-corrected chi connectivity index (χ4v) is 1.98. The summed E-state index contributed by atoms with van der Waals surface area (Å²) in [5.74, 6) is 1.18. The maximum absolute atomic E-state index is 5.84. The van der Waals surface area contributed by atoms with Crippen molar-refractivity contribution in [3.63, 3.8) is 0 Å². The topological polar surface area (TPSA) is 56.7 Å². The minimum absolute atomic E-state index is 0.582. The molecule has 1 saturated carbocycles. The summed E-state index contributed by atoms with van der Waals surface area (Å²) in [6, 6.07) is 10.3. The van der Waals surface area contributed by atoms with E-state index in [1.807, 2.05) is 22.9 Å². The molecular formula is C12H14N4. The zero-order valence-corrected chi connectivity index (χ0v) is 9.00. The number of nitrogens with two attached hydrogens (primary N) is 1. The molecule has 0 radical (unpaired) electrons. The minimum atomic E-state index is 0.582. The van der Waals surface area contributed by atoms with Crippen LogP contribution in [0, 0.1) is 0 Å². The summed E-state index contributed by atoms with van der Waals surface area (Å²) in [4.78, 5) is 0. The largest absolute Gasteiger partial charge is 0.381 e. The normalized spacial score (nSPS) is 15.2. The molecule has 1 aliphatic carbocycles. The number of hydrogen-bond donors (Lipinski definition) is 1. The van der Waals surface area contributed by atoms with E-state index in [4.69, 9.17) is 5.73 Å². The molecule has 0 unspecified atom stereocenters. The second kappa shape index (κ2) is 3.63. The summed E-state index contributed by atoms with van der Waals surface area (Å²) in [5, 5.41) is 8.08. The van der Waals surface area contributed by atoms with Crippen LogP contribution >= 0.6 is 0 Å². The van der Waals surface area contributed by atoms with Crippen molar-refractivity contribution in [1.29, 1.82) is 0 Å². The first-order valence-electron chi connectivity index (χ1n) is 5.57. The van der Waals surface area contributed by atoms with Gasteiger partial charge in [-0.15, -0.1) is 5.10 Å². The van der Waals surface area contributed by atoms with Gasteiger partial charge in [0, 0.05) is 5.92 Å². The number of aromatic nitrogens is 3. The monoisotopic (exact) mass is 214 g/mol. The second-order valence-corrected chi connectivity index (χ2v) is 4.28. The Hall–Kier alpha value is -1.84. The summed E-state index contributed by atoms with van der Waals surface area (Å²) >= 11 is 0. The first kappa shape index (κ1) is 9.39. The molecule has 1 aromatic carbocycles. The van der Waals surface area contributed by atoms with Crippen LogP contribution in [0.15, 0.2) is 30.3 Å². The van der Waals surface area contributed by atoms with Gasteiger partial charge in [-0.2, -0.15) is 0 Å². The van der Waals surface area contributed by atoms with E-state index in [1.165, 1.54) is 18.4 Å². The average molecular weight is 214 g/mol. The molecule has 2 N–H and O–H groups in total. The van der Waals surface area contributed by atoms with E-state index < -0.39 is 0 Å². The van der Waals surface area contributed by atoms with Crippen molar-refractivity contribution in [2.45, 2.75) is 25.3 Å². The lowest BCUT2D eigenvalue weighted by Crippen LogP contribution is -2.06. The number of anilines is 1. The highest BCUT2D eigenvalue weighted by molar-refractivity contribution is 5.38. The lowest BCUT2D eigenvalue weighted by Gasteiger charge is -2.05. The van der Waals surface area contributed by atoms with Gasteiger partial charge in [0.05, 0.1) is 12.2 Å². The third-order valence-electron chi connectivity index (χ3n) is 2.94. The smallest absolute Gasteiger partial charge is 0.169 e. The minimum Gasteiger partial charge on any atom is -0.381 e. The van der Waals surface area contributed by atoms with Crippen molar-refractivity contribution in [3.8, 4) is 0 Å². The van der Waals surface area contributed by atoms with Gasteiger partial charge in [-0.1, -0.05) is 35.5 Å². The van der Waals surface area contributed by atoms with Crippen LogP contribution < -0.4 is 5.73 Å². The zero-order valence-electron chi connectivity index (χ0n) is 9.00. The quantitative estimate of drug-likeness (QED) is 0.847. The molecule has 1 aliphatic rings. The molecule has 16 heavy (non-hydrogen) atoms. The van der Waals surface area contributed by atoms with E-state index in [2.05, 4.69) is 22.4 Å². The van der Waals surface area contributed by atoms with Crippen molar-refractivity contribution in [3.05, 3.63) is 41.6 Å². The van der Waals surface area contributed by atoms with Gasteiger partial charge in [0.1, 0.15) is 0 Å². The van der Waals surface area contributed by atoms with E-state index in [9.17, 15) is 0 Å². The van der Waals surface area contributed by atoms with E-state index in [0.29, 0.717) is 11.7 Å². The van der Waals surface area contributed by atoms with Crippen LogP contribution in [-0.4, -0.2) is 15.0 Å². The molecular weight excluding hydrogens is 200 g/mol. The number of nitrogen functional groups attached to an aromatic ring is 1. The van der Waals surface area contributed by atoms with Gasteiger partial charge in [0.2, 0.25) is 0 Å².